The number of aromatic nitrogens is 2. The molecule has 6 nitrogen and oxygen atoms in total. The Balaban J connectivity index is 1.20. The lowest BCUT2D eigenvalue weighted by atomic mass is 9.82. The smallest absolute Gasteiger partial charge is 0.226 e. The van der Waals surface area contributed by atoms with E-state index >= 15 is 0 Å². The molecule has 1 aromatic rings. The van der Waals surface area contributed by atoms with Crippen LogP contribution in [0.15, 0.2) is 4.52 Å². The number of fused-ring (bicyclic) bond motifs is 1. The fourth-order valence-electron chi connectivity index (χ4n) is 3.91. The highest BCUT2D eigenvalue weighted by Gasteiger charge is 2.38. The number of carbonyl (C=O) groups is 1. The first kappa shape index (κ1) is 15.1. The summed E-state index contributed by atoms with van der Waals surface area (Å²) in [5.74, 6) is 2.69. The highest BCUT2D eigenvalue weighted by atomic mass is 16.5. The molecule has 2 heterocycles. The molecule has 0 aromatic carbocycles. The average Bonchev–Trinajstić information content (AvgIpc) is 3.09. The molecule has 1 N–H and O–H groups in total. The van der Waals surface area contributed by atoms with Crippen molar-refractivity contribution < 1.29 is 14.1 Å². The predicted octanol–water partition coefficient (Wildman–Crippen LogP) is 2.34. The summed E-state index contributed by atoms with van der Waals surface area (Å²) in [5.41, 5.74) is 0. The molecule has 6 heteroatoms. The lowest BCUT2D eigenvalue weighted by Gasteiger charge is -2.33. The van der Waals surface area contributed by atoms with Gasteiger partial charge in [-0.3, -0.25) is 4.79 Å². The molecule has 23 heavy (non-hydrogen) atoms. The Hall–Kier alpha value is -1.43. The van der Waals surface area contributed by atoms with Gasteiger partial charge in [0.15, 0.2) is 5.82 Å². The van der Waals surface area contributed by atoms with E-state index in [1.807, 2.05) is 0 Å². The average molecular weight is 319 g/mol. The van der Waals surface area contributed by atoms with Gasteiger partial charge in [0.1, 0.15) is 0 Å². The maximum Gasteiger partial charge on any atom is 0.226 e. The maximum absolute atomic E-state index is 12.2. The van der Waals surface area contributed by atoms with Crippen LogP contribution >= 0.6 is 0 Å². The highest BCUT2D eigenvalue weighted by molar-refractivity contribution is 5.76. The Labute approximate surface area is 136 Å². The lowest BCUT2D eigenvalue weighted by molar-refractivity contribution is -0.122. The van der Waals surface area contributed by atoms with Gasteiger partial charge >= 0.3 is 0 Å². The molecule has 1 saturated heterocycles. The first-order chi connectivity index (χ1) is 11.3. The number of aryl methyl sites for hydroxylation is 1. The second-order valence-electron chi connectivity index (χ2n) is 7.14. The number of carbonyl (C=O) groups excluding carboxylic acids is 1. The quantitative estimate of drug-likeness (QED) is 0.871. The first-order valence-corrected chi connectivity index (χ1v) is 9.03. The van der Waals surface area contributed by atoms with E-state index in [4.69, 9.17) is 9.26 Å². The summed E-state index contributed by atoms with van der Waals surface area (Å²) in [6.07, 6.45) is 9.16. The van der Waals surface area contributed by atoms with Gasteiger partial charge in [-0.2, -0.15) is 4.98 Å². The molecular weight excluding hydrogens is 294 g/mol. The molecule has 1 aliphatic heterocycles. The van der Waals surface area contributed by atoms with Gasteiger partial charge in [0.2, 0.25) is 11.8 Å². The molecule has 126 valence electrons. The van der Waals surface area contributed by atoms with Gasteiger partial charge < -0.3 is 14.6 Å². The minimum atomic E-state index is 0.143. The van der Waals surface area contributed by atoms with Crippen molar-refractivity contribution in [3.8, 4) is 0 Å². The van der Waals surface area contributed by atoms with E-state index in [-0.39, 0.29) is 5.91 Å². The zero-order valence-electron chi connectivity index (χ0n) is 13.5. The Morgan fingerprint density at radius 3 is 3.00 bits per heavy atom. The van der Waals surface area contributed by atoms with Gasteiger partial charge in [0.25, 0.3) is 0 Å². The van der Waals surface area contributed by atoms with Gasteiger partial charge in [0, 0.05) is 37.3 Å². The topological polar surface area (TPSA) is 77.2 Å². The zero-order valence-corrected chi connectivity index (χ0v) is 13.5. The summed E-state index contributed by atoms with van der Waals surface area (Å²) in [6.45, 7) is 0.849. The van der Waals surface area contributed by atoms with Crippen molar-refractivity contribution in [3.05, 3.63) is 11.7 Å². The van der Waals surface area contributed by atoms with Crippen LogP contribution in [0.1, 0.15) is 69.0 Å². The largest absolute Gasteiger partial charge is 0.378 e. The van der Waals surface area contributed by atoms with Crippen LogP contribution in [0.3, 0.4) is 0 Å². The number of ether oxygens (including phenoxy) is 1. The van der Waals surface area contributed by atoms with Crippen molar-refractivity contribution in [1.82, 2.24) is 15.5 Å². The molecule has 3 atom stereocenters. The minimum absolute atomic E-state index is 0.143. The zero-order chi connectivity index (χ0) is 15.6. The maximum atomic E-state index is 12.2. The number of hydrogen-bond donors (Lipinski definition) is 1. The fraction of sp³-hybridized carbons (Fsp3) is 0.824. The van der Waals surface area contributed by atoms with Crippen molar-refractivity contribution in [1.29, 1.82) is 0 Å². The van der Waals surface area contributed by atoms with Crippen LogP contribution in [0.4, 0.5) is 0 Å². The van der Waals surface area contributed by atoms with Crippen LogP contribution in [-0.2, 0) is 16.0 Å². The minimum Gasteiger partial charge on any atom is -0.378 e. The standard InChI is InChI=1S/C17H25N3O3/c21-15(18-13-3-1-4-14-12(13)9-10-22-14)5-2-6-16-19-17(20-23-16)11-7-8-11/h11-14H,1-10H2,(H,18,21). The van der Waals surface area contributed by atoms with Crippen molar-refractivity contribution in [2.24, 2.45) is 5.92 Å². The molecule has 2 aliphatic carbocycles. The monoisotopic (exact) mass is 319 g/mol. The number of amides is 1. The second kappa shape index (κ2) is 6.59. The van der Waals surface area contributed by atoms with Crippen molar-refractivity contribution in [2.75, 3.05) is 6.61 Å². The first-order valence-electron chi connectivity index (χ1n) is 9.03. The fourth-order valence-corrected chi connectivity index (χ4v) is 3.91. The van der Waals surface area contributed by atoms with Gasteiger partial charge in [-0.05, 0) is 44.9 Å². The summed E-state index contributed by atoms with van der Waals surface area (Å²) in [4.78, 5) is 16.6. The van der Waals surface area contributed by atoms with Crippen LogP contribution in [0.5, 0.6) is 0 Å². The Morgan fingerprint density at radius 1 is 1.22 bits per heavy atom. The van der Waals surface area contributed by atoms with Gasteiger partial charge in [-0.1, -0.05) is 5.16 Å². The normalized spacial score (nSPS) is 30.2. The summed E-state index contributed by atoms with van der Waals surface area (Å²) in [6, 6.07) is 0.300. The molecule has 1 aromatic heterocycles. The molecule has 3 aliphatic rings. The third-order valence-corrected chi connectivity index (χ3v) is 5.35. The molecule has 0 spiro atoms. The van der Waals surface area contributed by atoms with E-state index in [0.29, 0.717) is 42.7 Å². The summed E-state index contributed by atoms with van der Waals surface area (Å²) in [7, 11) is 0. The number of hydrogen-bond acceptors (Lipinski definition) is 5. The Bertz CT molecular complexity index is 555. The second-order valence-corrected chi connectivity index (χ2v) is 7.14. The van der Waals surface area contributed by atoms with Gasteiger partial charge in [0.05, 0.1) is 6.10 Å². The lowest BCUT2D eigenvalue weighted by Crippen LogP contribution is -2.45. The third kappa shape index (κ3) is 3.57. The van der Waals surface area contributed by atoms with Crippen LogP contribution in [0.25, 0.3) is 0 Å². The molecular formula is C17H25N3O3. The van der Waals surface area contributed by atoms with E-state index in [2.05, 4.69) is 15.5 Å². The van der Waals surface area contributed by atoms with Crippen molar-refractivity contribution in [2.45, 2.75) is 75.9 Å². The molecule has 4 rings (SSSR count). The van der Waals surface area contributed by atoms with E-state index in [1.54, 1.807) is 0 Å². The highest BCUT2D eigenvalue weighted by Crippen LogP contribution is 2.38. The summed E-state index contributed by atoms with van der Waals surface area (Å²) in [5, 5.41) is 7.23. The van der Waals surface area contributed by atoms with E-state index in [0.717, 1.165) is 44.5 Å². The van der Waals surface area contributed by atoms with Crippen molar-refractivity contribution in [3.63, 3.8) is 0 Å². The molecule has 1 amide bonds. The molecule has 3 unspecified atom stereocenters. The molecule has 0 bridgehead atoms. The van der Waals surface area contributed by atoms with E-state index in [9.17, 15) is 4.79 Å². The van der Waals surface area contributed by atoms with Crippen LogP contribution < -0.4 is 5.32 Å². The number of nitrogens with one attached hydrogen (secondary N) is 1. The van der Waals surface area contributed by atoms with Crippen molar-refractivity contribution >= 4 is 5.91 Å². The van der Waals surface area contributed by atoms with E-state index in [1.165, 1.54) is 12.8 Å². The Morgan fingerprint density at radius 2 is 2.13 bits per heavy atom. The SMILES string of the molecule is O=C(CCCc1nc(C2CC2)no1)NC1CCCC2OCCC12. The molecule has 3 fully saturated rings. The summed E-state index contributed by atoms with van der Waals surface area (Å²) < 4.78 is 11.0. The predicted molar refractivity (Wildman–Crippen MR) is 82.8 cm³/mol. The van der Waals surface area contributed by atoms with Crippen LogP contribution in [0, 0.1) is 5.92 Å². The van der Waals surface area contributed by atoms with Gasteiger partial charge in [-0.25, -0.2) is 0 Å². The summed E-state index contributed by atoms with van der Waals surface area (Å²) >= 11 is 0. The molecule has 2 saturated carbocycles. The molecule has 0 radical (unpaired) electrons. The van der Waals surface area contributed by atoms with E-state index < -0.39 is 0 Å². The van der Waals surface area contributed by atoms with Crippen LogP contribution in [-0.4, -0.2) is 34.8 Å². The third-order valence-electron chi connectivity index (χ3n) is 5.35. The van der Waals surface area contributed by atoms with Crippen LogP contribution in [0.2, 0.25) is 0 Å². The number of nitrogens with zero attached hydrogens (tertiary/aromatic N) is 2. The van der Waals surface area contributed by atoms with Gasteiger partial charge in [-0.15, -0.1) is 0 Å². The number of rotatable bonds is 6. The Kier molecular flexibility index (Phi) is 4.33.